The Kier molecular flexibility index (Phi) is 4.20. The highest BCUT2D eigenvalue weighted by atomic mass is 35.5. The molecular weight excluding hydrogens is 318 g/mol. The summed E-state index contributed by atoms with van der Waals surface area (Å²) < 4.78 is 5.18. The van der Waals surface area contributed by atoms with Gasteiger partial charge in [-0.25, -0.2) is 0 Å². The van der Waals surface area contributed by atoms with E-state index in [1.165, 1.54) is 6.20 Å². The fraction of sp³-hybridized carbons (Fsp3) is 0.0667. The number of hydrogen-bond donors (Lipinski definition) is 2. The smallest absolute Gasteiger partial charge is 0.252 e. The first-order valence-corrected chi connectivity index (χ1v) is 7.07. The van der Waals surface area contributed by atoms with Crippen molar-refractivity contribution in [3.8, 4) is 11.4 Å². The van der Waals surface area contributed by atoms with E-state index in [1.54, 1.807) is 24.4 Å². The number of halogens is 1. The zero-order valence-corrected chi connectivity index (χ0v) is 12.6. The van der Waals surface area contributed by atoms with Crippen molar-refractivity contribution in [2.45, 2.75) is 6.54 Å². The minimum absolute atomic E-state index is 0.248. The summed E-state index contributed by atoms with van der Waals surface area (Å²) in [5, 5.41) is 7.53. The zero-order valence-electron chi connectivity index (χ0n) is 11.9. The molecule has 3 rings (SSSR count). The molecule has 0 fully saturated rings. The average molecular weight is 330 g/mol. The number of amides is 1. The first kappa shape index (κ1) is 15.0. The topological polar surface area (TPSA) is 107 Å². The van der Waals surface area contributed by atoms with Crippen LogP contribution in [0, 0.1) is 0 Å². The molecular formula is C15H12ClN5O2. The molecule has 0 unspecified atom stereocenters. The molecule has 8 heteroatoms. The Morgan fingerprint density at radius 2 is 2.22 bits per heavy atom. The quantitative estimate of drug-likeness (QED) is 0.744. The van der Waals surface area contributed by atoms with E-state index in [1.807, 2.05) is 12.1 Å². The number of rotatable bonds is 5. The monoisotopic (exact) mass is 329 g/mol. The highest BCUT2D eigenvalue weighted by molar-refractivity contribution is 6.30. The van der Waals surface area contributed by atoms with Gasteiger partial charge < -0.3 is 15.6 Å². The fourth-order valence-corrected chi connectivity index (χ4v) is 2.18. The van der Waals surface area contributed by atoms with E-state index in [2.05, 4.69) is 20.4 Å². The van der Waals surface area contributed by atoms with Gasteiger partial charge in [0.15, 0.2) is 0 Å². The first-order valence-electron chi connectivity index (χ1n) is 6.69. The number of anilines is 1. The summed E-state index contributed by atoms with van der Waals surface area (Å²) in [6.07, 6.45) is 2.95. The van der Waals surface area contributed by atoms with Crippen LogP contribution in [0.2, 0.25) is 5.02 Å². The van der Waals surface area contributed by atoms with E-state index in [0.717, 1.165) is 5.56 Å². The van der Waals surface area contributed by atoms with Crippen molar-refractivity contribution in [3.05, 3.63) is 59.2 Å². The van der Waals surface area contributed by atoms with Crippen LogP contribution in [0.15, 0.2) is 47.2 Å². The lowest BCUT2D eigenvalue weighted by Gasteiger charge is -2.06. The summed E-state index contributed by atoms with van der Waals surface area (Å²) >= 11 is 5.94. The molecule has 116 valence electrons. The van der Waals surface area contributed by atoms with E-state index < -0.39 is 5.91 Å². The first-order chi connectivity index (χ1) is 11.1. The van der Waals surface area contributed by atoms with Crippen LogP contribution in [0.3, 0.4) is 0 Å². The third-order valence-corrected chi connectivity index (χ3v) is 3.30. The molecule has 7 nitrogen and oxygen atoms in total. The summed E-state index contributed by atoms with van der Waals surface area (Å²) in [6, 6.07) is 8.80. The highest BCUT2D eigenvalue weighted by Crippen LogP contribution is 2.20. The number of pyridine rings is 1. The van der Waals surface area contributed by atoms with Crippen LogP contribution in [-0.2, 0) is 6.54 Å². The van der Waals surface area contributed by atoms with Crippen LogP contribution in [0.5, 0.6) is 0 Å². The Bertz CT molecular complexity index is 849. The molecule has 2 aromatic heterocycles. The molecule has 0 aliphatic carbocycles. The van der Waals surface area contributed by atoms with Crippen molar-refractivity contribution in [2.24, 2.45) is 5.73 Å². The summed E-state index contributed by atoms with van der Waals surface area (Å²) in [6.45, 7) is 0.248. The third-order valence-electron chi connectivity index (χ3n) is 3.07. The van der Waals surface area contributed by atoms with E-state index >= 15 is 0 Å². The zero-order chi connectivity index (χ0) is 16.2. The number of nitrogens with one attached hydrogen (secondary N) is 1. The Balaban J connectivity index is 1.74. The Hall–Kier alpha value is -2.93. The van der Waals surface area contributed by atoms with Gasteiger partial charge in [-0.2, -0.15) is 4.98 Å². The average Bonchev–Trinajstić information content (AvgIpc) is 3.02. The predicted molar refractivity (Wildman–Crippen MR) is 84.8 cm³/mol. The molecule has 0 saturated carbocycles. The van der Waals surface area contributed by atoms with Crippen molar-refractivity contribution in [3.63, 3.8) is 0 Å². The predicted octanol–water partition coefficient (Wildman–Crippen LogP) is 2.50. The van der Waals surface area contributed by atoms with Crippen LogP contribution in [0.1, 0.15) is 16.2 Å². The molecule has 0 spiro atoms. The lowest BCUT2D eigenvalue weighted by molar-refractivity contribution is 0.100. The van der Waals surface area contributed by atoms with Crippen LogP contribution < -0.4 is 11.1 Å². The second-order valence-electron chi connectivity index (χ2n) is 4.66. The fourth-order valence-electron chi connectivity index (χ4n) is 1.99. The normalized spacial score (nSPS) is 10.5. The van der Waals surface area contributed by atoms with Gasteiger partial charge in [0.1, 0.15) is 0 Å². The van der Waals surface area contributed by atoms with Crippen molar-refractivity contribution in [1.82, 2.24) is 15.1 Å². The molecule has 3 N–H and O–H groups in total. The van der Waals surface area contributed by atoms with E-state index in [4.69, 9.17) is 21.9 Å². The van der Waals surface area contributed by atoms with Crippen molar-refractivity contribution in [1.29, 1.82) is 0 Å². The van der Waals surface area contributed by atoms with Gasteiger partial charge in [-0.05, 0) is 18.2 Å². The van der Waals surface area contributed by atoms with Gasteiger partial charge >= 0.3 is 0 Å². The molecule has 0 radical (unpaired) electrons. The summed E-state index contributed by atoms with van der Waals surface area (Å²) in [4.78, 5) is 19.5. The largest absolute Gasteiger partial charge is 0.375 e. The molecule has 0 aliphatic heterocycles. The number of benzene rings is 1. The van der Waals surface area contributed by atoms with Gasteiger partial charge in [0, 0.05) is 23.0 Å². The van der Waals surface area contributed by atoms with Gasteiger partial charge in [-0.3, -0.25) is 9.78 Å². The number of nitrogens with zero attached hydrogens (tertiary/aromatic N) is 3. The lowest BCUT2D eigenvalue weighted by atomic mass is 10.2. The van der Waals surface area contributed by atoms with Crippen LogP contribution in [-0.4, -0.2) is 21.0 Å². The molecule has 2 heterocycles. The maximum Gasteiger partial charge on any atom is 0.252 e. The summed E-state index contributed by atoms with van der Waals surface area (Å²) in [5.41, 5.74) is 6.90. The van der Waals surface area contributed by atoms with Crippen LogP contribution >= 0.6 is 11.6 Å². The number of carbonyl (C=O) groups is 1. The Morgan fingerprint density at radius 1 is 1.35 bits per heavy atom. The van der Waals surface area contributed by atoms with Gasteiger partial charge in [0.05, 0.1) is 17.8 Å². The highest BCUT2D eigenvalue weighted by Gasteiger charge is 2.11. The molecule has 0 bridgehead atoms. The number of hydrogen-bond acceptors (Lipinski definition) is 6. The molecule has 1 aromatic carbocycles. The standard InChI is InChI=1S/C15H12ClN5O2/c16-10-3-1-2-9(6-10)15-20-13(23-21-15)8-19-12-4-5-18-7-11(12)14(17)22/h1-7H,8H2,(H2,17,22)(H,18,19). The molecule has 0 atom stereocenters. The third kappa shape index (κ3) is 3.46. The second-order valence-corrected chi connectivity index (χ2v) is 5.10. The maximum absolute atomic E-state index is 11.3. The van der Waals surface area contributed by atoms with Crippen molar-refractivity contribution in [2.75, 3.05) is 5.32 Å². The van der Waals surface area contributed by atoms with Gasteiger partial charge in [0.2, 0.25) is 11.7 Å². The minimum atomic E-state index is -0.564. The minimum Gasteiger partial charge on any atom is -0.375 e. The lowest BCUT2D eigenvalue weighted by Crippen LogP contribution is -2.14. The molecule has 1 amide bonds. The molecule has 23 heavy (non-hydrogen) atoms. The molecule has 0 aliphatic rings. The van der Waals surface area contributed by atoms with Crippen molar-refractivity contribution >= 4 is 23.2 Å². The Morgan fingerprint density at radius 3 is 3.00 bits per heavy atom. The van der Waals surface area contributed by atoms with E-state index in [9.17, 15) is 4.79 Å². The van der Waals surface area contributed by atoms with Crippen LogP contribution in [0.4, 0.5) is 5.69 Å². The van der Waals surface area contributed by atoms with Gasteiger partial charge in [-0.15, -0.1) is 0 Å². The van der Waals surface area contributed by atoms with Crippen LogP contribution in [0.25, 0.3) is 11.4 Å². The SMILES string of the molecule is NC(=O)c1cnccc1NCc1nc(-c2cccc(Cl)c2)no1. The second kappa shape index (κ2) is 6.45. The van der Waals surface area contributed by atoms with E-state index in [0.29, 0.717) is 28.0 Å². The number of primary amides is 1. The van der Waals surface area contributed by atoms with Gasteiger partial charge in [-0.1, -0.05) is 28.9 Å². The maximum atomic E-state index is 11.3. The number of nitrogens with two attached hydrogens (primary N) is 1. The molecule has 3 aromatic rings. The van der Waals surface area contributed by atoms with Gasteiger partial charge in [0.25, 0.3) is 5.91 Å². The van der Waals surface area contributed by atoms with Crippen molar-refractivity contribution < 1.29 is 9.32 Å². The summed E-state index contributed by atoms with van der Waals surface area (Å²) in [5.74, 6) is 0.243. The summed E-state index contributed by atoms with van der Waals surface area (Å²) in [7, 11) is 0. The number of carbonyl (C=O) groups excluding carboxylic acids is 1. The van der Waals surface area contributed by atoms with E-state index in [-0.39, 0.29) is 6.54 Å². The number of aromatic nitrogens is 3. The molecule has 0 saturated heterocycles. The Labute approximate surface area is 136 Å².